The second-order valence-electron chi connectivity index (χ2n) is 9.60. The van der Waals surface area contributed by atoms with Crippen LogP contribution in [0.5, 0.6) is 11.5 Å². The van der Waals surface area contributed by atoms with Gasteiger partial charge in [-0.1, -0.05) is 25.0 Å². The molecule has 33 heavy (non-hydrogen) atoms. The van der Waals surface area contributed by atoms with E-state index in [1.54, 1.807) is 13.3 Å². The maximum Gasteiger partial charge on any atom is 0.154 e. The van der Waals surface area contributed by atoms with E-state index in [0.717, 1.165) is 56.4 Å². The van der Waals surface area contributed by atoms with E-state index in [1.165, 1.54) is 12.0 Å². The van der Waals surface area contributed by atoms with Crippen LogP contribution >= 0.6 is 0 Å². The molecule has 1 N–H and O–H groups in total. The van der Waals surface area contributed by atoms with Gasteiger partial charge in [-0.3, -0.25) is 4.98 Å². The highest BCUT2D eigenvalue weighted by molar-refractivity contribution is 7.90. The number of ether oxygens (including phenoxy) is 2. The number of hydrogen-bond donors (Lipinski definition) is 1. The Bertz CT molecular complexity index is 999. The molecule has 4 rings (SSSR count). The molecule has 0 unspecified atom stereocenters. The average Bonchev–Trinajstić information content (AvgIpc) is 2.78. The number of benzene rings is 1. The second kappa shape index (κ2) is 11.3. The van der Waals surface area contributed by atoms with Crippen molar-refractivity contribution in [3.8, 4) is 11.5 Å². The molecule has 1 aliphatic carbocycles. The van der Waals surface area contributed by atoms with Crippen LogP contribution < -0.4 is 14.8 Å². The molecule has 7 heteroatoms. The molecular weight excluding hydrogens is 436 g/mol. The quantitative estimate of drug-likeness (QED) is 0.529. The van der Waals surface area contributed by atoms with E-state index in [2.05, 4.69) is 16.4 Å². The monoisotopic (exact) mass is 472 g/mol. The molecule has 2 aromatic rings. The topological polar surface area (TPSA) is 77.5 Å². The number of pyridine rings is 1. The number of hydrogen-bond acceptors (Lipinski definition) is 6. The van der Waals surface area contributed by atoms with Gasteiger partial charge >= 0.3 is 0 Å². The number of aromatic nitrogens is 1. The van der Waals surface area contributed by atoms with Crippen LogP contribution in [0, 0.1) is 11.8 Å². The van der Waals surface area contributed by atoms with Crippen LogP contribution in [0.2, 0.25) is 0 Å². The van der Waals surface area contributed by atoms with Crippen LogP contribution in [-0.4, -0.2) is 45.5 Å². The van der Waals surface area contributed by atoms with Gasteiger partial charge in [-0.05, 0) is 79.8 Å². The zero-order valence-electron chi connectivity index (χ0n) is 19.5. The van der Waals surface area contributed by atoms with Crippen LogP contribution in [0.25, 0.3) is 0 Å². The van der Waals surface area contributed by atoms with Gasteiger partial charge in [-0.25, -0.2) is 8.42 Å². The first-order valence-electron chi connectivity index (χ1n) is 12.1. The second-order valence-corrected chi connectivity index (χ2v) is 11.8. The van der Waals surface area contributed by atoms with Crippen molar-refractivity contribution < 1.29 is 17.9 Å². The van der Waals surface area contributed by atoms with Crippen molar-refractivity contribution in [3.63, 3.8) is 0 Å². The third-order valence-corrected chi connectivity index (χ3v) is 8.63. The van der Waals surface area contributed by atoms with Crippen molar-refractivity contribution in [2.24, 2.45) is 11.8 Å². The van der Waals surface area contributed by atoms with Gasteiger partial charge in [0.2, 0.25) is 0 Å². The molecule has 2 heterocycles. The first kappa shape index (κ1) is 24.0. The third kappa shape index (κ3) is 7.44. The van der Waals surface area contributed by atoms with Gasteiger partial charge in [0, 0.05) is 12.2 Å². The van der Waals surface area contributed by atoms with Gasteiger partial charge in [-0.15, -0.1) is 0 Å². The number of rotatable bonds is 11. The lowest BCUT2D eigenvalue weighted by molar-refractivity contribution is 0.216. The molecule has 1 atom stereocenters. The van der Waals surface area contributed by atoms with Crippen LogP contribution in [0.1, 0.15) is 49.7 Å². The number of nitrogens with zero attached hydrogens (tertiary/aromatic N) is 1. The van der Waals surface area contributed by atoms with Crippen LogP contribution in [0.3, 0.4) is 0 Å². The van der Waals surface area contributed by atoms with E-state index in [-0.39, 0.29) is 11.5 Å². The fraction of sp³-hybridized carbons (Fsp3) is 0.577. The summed E-state index contributed by atoms with van der Waals surface area (Å²) in [5, 5.41) is 3.35. The smallest absolute Gasteiger partial charge is 0.154 e. The Balaban J connectivity index is 1.19. The largest absolute Gasteiger partial charge is 0.497 e. The van der Waals surface area contributed by atoms with Crippen LogP contribution in [0.15, 0.2) is 42.7 Å². The van der Waals surface area contributed by atoms with Crippen molar-refractivity contribution in [1.29, 1.82) is 0 Å². The fourth-order valence-corrected chi connectivity index (χ4v) is 6.36. The van der Waals surface area contributed by atoms with E-state index in [4.69, 9.17) is 9.47 Å². The SMILES string of the molecule is COc1cccc(CS(=O)(=O)CCC2CCC(Cc3cncc(OC[C@@H]4CCN4)c3)CC2)c1. The van der Waals surface area contributed by atoms with E-state index >= 15 is 0 Å². The van der Waals surface area contributed by atoms with E-state index < -0.39 is 9.84 Å². The summed E-state index contributed by atoms with van der Waals surface area (Å²) in [6.45, 7) is 1.79. The van der Waals surface area contributed by atoms with Crippen molar-refractivity contribution in [2.75, 3.05) is 26.0 Å². The third-order valence-electron chi connectivity index (χ3n) is 7.00. The summed E-state index contributed by atoms with van der Waals surface area (Å²) in [6, 6.07) is 9.94. The lowest BCUT2D eigenvalue weighted by Gasteiger charge is -2.29. The normalized spacial score (nSPS) is 23.0. The first-order chi connectivity index (χ1) is 16.0. The molecule has 1 saturated carbocycles. The molecule has 1 saturated heterocycles. The van der Waals surface area contributed by atoms with Crippen LogP contribution in [0.4, 0.5) is 0 Å². The Morgan fingerprint density at radius 2 is 1.76 bits per heavy atom. The first-order valence-corrected chi connectivity index (χ1v) is 13.9. The van der Waals surface area contributed by atoms with Gasteiger partial charge in [-0.2, -0.15) is 0 Å². The Hall–Kier alpha value is -2.12. The molecule has 0 radical (unpaired) electrons. The molecule has 1 aromatic heterocycles. The highest BCUT2D eigenvalue weighted by atomic mass is 32.2. The molecule has 2 fully saturated rings. The highest BCUT2D eigenvalue weighted by Gasteiger charge is 2.24. The minimum atomic E-state index is -3.12. The molecule has 1 aromatic carbocycles. The Morgan fingerprint density at radius 1 is 1.00 bits per heavy atom. The summed E-state index contributed by atoms with van der Waals surface area (Å²) in [5.74, 6) is 3.05. The van der Waals surface area contributed by atoms with Gasteiger partial charge in [0.05, 0.1) is 24.8 Å². The zero-order valence-corrected chi connectivity index (χ0v) is 20.4. The lowest BCUT2D eigenvalue weighted by atomic mass is 9.78. The fourth-order valence-electron chi connectivity index (χ4n) is 4.83. The average molecular weight is 473 g/mol. The maximum absolute atomic E-state index is 12.6. The minimum Gasteiger partial charge on any atom is -0.497 e. The van der Waals surface area contributed by atoms with Crippen molar-refractivity contribution in [1.82, 2.24) is 10.3 Å². The maximum atomic E-state index is 12.6. The minimum absolute atomic E-state index is 0.0851. The highest BCUT2D eigenvalue weighted by Crippen LogP contribution is 2.33. The Labute approximate surface area is 198 Å². The Morgan fingerprint density at radius 3 is 2.48 bits per heavy atom. The molecular formula is C26H36N2O4S. The van der Waals surface area contributed by atoms with Gasteiger partial charge in [0.1, 0.15) is 18.1 Å². The van der Waals surface area contributed by atoms with Gasteiger partial charge in [0.15, 0.2) is 9.84 Å². The number of sulfone groups is 1. The number of nitrogens with one attached hydrogen (secondary N) is 1. The van der Waals surface area contributed by atoms with Crippen LogP contribution in [-0.2, 0) is 22.0 Å². The molecule has 0 spiro atoms. The lowest BCUT2D eigenvalue weighted by Crippen LogP contribution is -2.46. The van der Waals surface area contributed by atoms with Crippen molar-refractivity contribution in [2.45, 2.75) is 56.7 Å². The predicted octanol–water partition coefficient (Wildman–Crippen LogP) is 4.18. The summed E-state index contributed by atoms with van der Waals surface area (Å²) in [7, 11) is -1.52. The molecule has 1 aliphatic heterocycles. The van der Waals surface area contributed by atoms with E-state index in [1.807, 2.05) is 30.5 Å². The van der Waals surface area contributed by atoms with Crippen molar-refractivity contribution >= 4 is 9.84 Å². The van der Waals surface area contributed by atoms with E-state index in [9.17, 15) is 8.42 Å². The summed E-state index contributed by atoms with van der Waals surface area (Å²) in [4.78, 5) is 4.37. The summed E-state index contributed by atoms with van der Waals surface area (Å²) >= 11 is 0. The predicted molar refractivity (Wildman–Crippen MR) is 130 cm³/mol. The molecule has 6 nitrogen and oxygen atoms in total. The zero-order chi connectivity index (χ0) is 23.1. The molecule has 180 valence electrons. The summed E-state index contributed by atoms with van der Waals surface area (Å²) in [6.07, 6.45) is 11.2. The van der Waals surface area contributed by atoms with Gasteiger partial charge < -0.3 is 14.8 Å². The summed E-state index contributed by atoms with van der Waals surface area (Å²) < 4.78 is 36.4. The summed E-state index contributed by atoms with van der Waals surface area (Å²) in [5.41, 5.74) is 2.03. The molecule has 2 aliphatic rings. The standard InChI is InChI=1S/C26H36N2O4S/c1-31-25-4-2-3-22(14-25)19-33(29,30)12-10-20-5-7-21(8-6-20)13-23-15-26(17-27-16-23)32-18-24-9-11-28-24/h2-4,14-17,20-21,24,28H,5-13,18-19H2,1H3/t20?,21?,24-/m0/s1. The molecule has 0 bridgehead atoms. The molecule has 0 amide bonds. The Kier molecular flexibility index (Phi) is 8.25. The van der Waals surface area contributed by atoms with Gasteiger partial charge in [0.25, 0.3) is 0 Å². The van der Waals surface area contributed by atoms with Crippen molar-refractivity contribution in [3.05, 3.63) is 53.9 Å². The number of methoxy groups -OCH3 is 1. The van der Waals surface area contributed by atoms with E-state index in [0.29, 0.717) is 30.2 Å².